The van der Waals surface area contributed by atoms with Crippen molar-refractivity contribution in [3.63, 3.8) is 0 Å². The van der Waals surface area contributed by atoms with Crippen LogP contribution in [0.25, 0.3) is 10.2 Å². The largest absolute Gasteiger partial charge is 0.503 e. The Kier molecular flexibility index (Phi) is 5.55. The van der Waals surface area contributed by atoms with Crippen LogP contribution >= 0.6 is 34.3 Å². The van der Waals surface area contributed by atoms with Crippen molar-refractivity contribution in [3.05, 3.63) is 85.0 Å². The summed E-state index contributed by atoms with van der Waals surface area (Å²) in [6.07, 6.45) is 0. The van der Waals surface area contributed by atoms with Crippen molar-refractivity contribution >= 4 is 61.3 Å². The number of carbonyl (C=O) groups excluding carboxylic acids is 2. The molecule has 1 atom stereocenters. The maximum absolute atomic E-state index is 13.7. The second-order valence-electron chi connectivity index (χ2n) is 8.29. The number of halogens is 1. The lowest BCUT2D eigenvalue weighted by molar-refractivity contribution is -0.117. The van der Waals surface area contributed by atoms with Crippen molar-refractivity contribution in [1.82, 2.24) is 9.97 Å². The maximum Gasteiger partial charge on any atom is 0.296 e. The summed E-state index contributed by atoms with van der Waals surface area (Å²) in [4.78, 5) is 38.0. The molecule has 3 heterocycles. The highest BCUT2D eigenvalue weighted by Gasteiger charge is 2.46. The smallest absolute Gasteiger partial charge is 0.296 e. The van der Waals surface area contributed by atoms with Gasteiger partial charge in [0.2, 0.25) is 5.78 Å². The van der Waals surface area contributed by atoms with Crippen LogP contribution in [0.5, 0.6) is 0 Å². The van der Waals surface area contributed by atoms with E-state index in [1.165, 1.54) is 27.6 Å². The Morgan fingerprint density at radius 1 is 1.06 bits per heavy atom. The molecule has 2 aromatic heterocycles. The summed E-state index contributed by atoms with van der Waals surface area (Å²) >= 11 is 8.71. The van der Waals surface area contributed by atoms with E-state index in [4.69, 9.17) is 16.6 Å². The van der Waals surface area contributed by atoms with Crippen LogP contribution in [0.1, 0.15) is 43.1 Å². The summed E-state index contributed by atoms with van der Waals surface area (Å²) in [5.41, 5.74) is 4.12. The van der Waals surface area contributed by atoms with Crippen LogP contribution in [0, 0.1) is 27.7 Å². The molecule has 5 rings (SSSR count). The van der Waals surface area contributed by atoms with E-state index in [-0.39, 0.29) is 5.57 Å². The average Bonchev–Trinajstić information content (AvgIpc) is 3.42. The molecule has 0 fully saturated rings. The number of thiazole rings is 2. The molecule has 0 radical (unpaired) electrons. The molecule has 1 N–H and O–H groups in total. The van der Waals surface area contributed by atoms with Crippen LogP contribution in [0.3, 0.4) is 0 Å². The van der Waals surface area contributed by atoms with Crippen molar-refractivity contribution in [3.8, 4) is 0 Å². The normalized spacial score (nSPS) is 16.2. The van der Waals surface area contributed by atoms with E-state index in [0.29, 0.717) is 26.3 Å². The molecule has 1 amide bonds. The highest BCUT2D eigenvalue weighted by atomic mass is 35.5. The molecule has 9 heteroatoms. The van der Waals surface area contributed by atoms with Gasteiger partial charge in [-0.2, -0.15) is 0 Å². The van der Waals surface area contributed by atoms with Crippen LogP contribution in [0.2, 0.25) is 5.02 Å². The highest BCUT2D eigenvalue weighted by molar-refractivity contribution is 7.22. The van der Waals surface area contributed by atoms with Crippen molar-refractivity contribution in [1.29, 1.82) is 0 Å². The number of aromatic nitrogens is 2. The van der Waals surface area contributed by atoms with E-state index in [1.807, 2.05) is 32.9 Å². The number of aryl methyl sites for hydroxylation is 4. The van der Waals surface area contributed by atoms with Gasteiger partial charge in [0, 0.05) is 5.02 Å². The Morgan fingerprint density at radius 2 is 1.76 bits per heavy atom. The fraction of sp³-hybridized carbons (Fsp3) is 0.200. The van der Waals surface area contributed by atoms with Gasteiger partial charge >= 0.3 is 0 Å². The van der Waals surface area contributed by atoms with E-state index in [9.17, 15) is 14.7 Å². The van der Waals surface area contributed by atoms with E-state index >= 15 is 0 Å². The molecule has 0 saturated carbocycles. The number of Topliss-reactive ketones (excluding diaryl/α,β-unsaturated/α-hetero) is 1. The molecule has 1 unspecified atom stereocenters. The predicted octanol–water partition coefficient (Wildman–Crippen LogP) is 6.42. The van der Waals surface area contributed by atoms with Crippen LogP contribution in [-0.2, 0) is 4.79 Å². The number of hydrogen-bond donors (Lipinski definition) is 1. The highest BCUT2D eigenvalue weighted by Crippen LogP contribution is 2.45. The standard InChI is InChI=1S/C25H20ClN3O3S2/c1-11-9-12(2)19-17(10-11)34-25(28-19)29-20(15-5-7-16(26)8-6-15)18(22(31)24(29)32)21(30)23-13(3)27-14(4)33-23/h5-10,20,31H,1-4H3. The average molecular weight is 510 g/mol. The summed E-state index contributed by atoms with van der Waals surface area (Å²) < 4.78 is 0.934. The van der Waals surface area contributed by atoms with E-state index in [0.717, 1.165) is 26.4 Å². The molecule has 1 aliphatic heterocycles. The zero-order valence-corrected chi connectivity index (χ0v) is 21.2. The zero-order valence-electron chi connectivity index (χ0n) is 18.8. The molecule has 2 aromatic carbocycles. The number of ketones is 1. The number of fused-ring (bicyclic) bond motifs is 1. The first-order valence-electron chi connectivity index (χ1n) is 10.5. The number of amides is 1. The number of benzene rings is 2. The Balaban J connectivity index is 1.70. The molecule has 0 saturated heterocycles. The lowest BCUT2D eigenvalue weighted by Crippen LogP contribution is -2.31. The topological polar surface area (TPSA) is 83.4 Å². The van der Waals surface area contributed by atoms with Crippen LogP contribution in [0.4, 0.5) is 5.13 Å². The molecule has 0 bridgehead atoms. The quantitative estimate of drug-likeness (QED) is 0.321. The van der Waals surface area contributed by atoms with Gasteiger partial charge in [0.25, 0.3) is 5.91 Å². The molecular weight excluding hydrogens is 490 g/mol. The summed E-state index contributed by atoms with van der Waals surface area (Å²) in [6, 6.07) is 10.1. The minimum absolute atomic E-state index is 0.0197. The number of nitrogens with zero attached hydrogens (tertiary/aromatic N) is 3. The number of hydrogen-bond acceptors (Lipinski definition) is 7. The summed E-state index contributed by atoms with van der Waals surface area (Å²) in [6.45, 7) is 7.55. The van der Waals surface area contributed by atoms with Gasteiger partial charge in [-0.15, -0.1) is 11.3 Å². The van der Waals surface area contributed by atoms with Gasteiger partial charge in [-0.3, -0.25) is 14.5 Å². The number of rotatable bonds is 4. The van der Waals surface area contributed by atoms with Gasteiger partial charge in [-0.1, -0.05) is 41.1 Å². The van der Waals surface area contributed by atoms with Crippen molar-refractivity contribution in [2.75, 3.05) is 4.90 Å². The van der Waals surface area contributed by atoms with Crippen molar-refractivity contribution in [2.24, 2.45) is 0 Å². The predicted molar refractivity (Wildman–Crippen MR) is 136 cm³/mol. The summed E-state index contributed by atoms with van der Waals surface area (Å²) in [5, 5.41) is 12.7. The molecule has 34 heavy (non-hydrogen) atoms. The maximum atomic E-state index is 13.7. The minimum atomic E-state index is -0.846. The fourth-order valence-corrected chi connectivity index (χ4v) is 6.49. The van der Waals surface area contributed by atoms with E-state index in [1.54, 1.807) is 31.2 Å². The zero-order chi connectivity index (χ0) is 24.3. The third kappa shape index (κ3) is 3.62. The molecular formula is C25H20ClN3O3S2. The molecule has 4 aromatic rings. The van der Waals surface area contributed by atoms with Gasteiger partial charge in [0.05, 0.1) is 37.4 Å². The Hall–Kier alpha value is -3.07. The third-order valence-corrected chi connectivity index (χ3v) is 8.10. The number of carbonyl (C=O) groups is 2. The first-order chi connectivity index (χ1) is 16.2. The lowest BCUT2D eigenvalue weighted by atomic mass is 9.95. The van der Waals surface area contributed by atoms with Gasteiger partial charge in [-0.25, -0.2) is 9.97 Å². The second-order valence-corrected chi connectivity index (χ2v) is 10.9. The fourth-order valence-electron chi connectivity index (χ4n) is 4.32. The number of anilines is 1. The van der Waals surface area contributed by atoms with Crippen LogP contribution in [0.15, 0.2) is 47.7 Å². The van der Waals surface area contributed by atoms with Crippen LogP contribution in [-0.4, -0.2) is 26.8 Å². The summed E-state index contributed by atoms with van der Waals surface area (Å²) in [7, 11) is 0. The Labute approximate surface area is 209 Å². The van der Waals surface area contributed by atoms with Crippen molar-refractivity contribution < 1.29 is 14.7 Å². The first kappa shape index (κ1) is 22.7. The third-order valence-electron chi connectivity index (χ3n) is 5.77. The first-order valence-corrected chi connectivity index (χ1v) is 12.6. The molecule has 6 nitrogen and oxygen atoms in total. The van der Waals surface area contributed by atoms with Gasteiger partial charge in [0.15, 0.2) is 10.9 Å². The Morgan fingerprint density at radius 3 is 2.41 bits per heavy atom. The molecule has 172 valence electrons. The SMILES string of the molecule is Cc1cc(C)c2nc(N3C(=O)C(O)=C(C(=O)c4sc(C)nc4C)C3c3ccc(Cl)cc3)sc2c1. The van der Waals surface area contributed by atoms with E-state index in [2.05, 4.69) is 4.98 Å². The molecule has 0 spiro atoms. The summed E-state index contributed by atoms with van der Waals surface area (Å²) in [5.74, 6) is -1.64. The van der Waals surface area contributed by atoms with E-state index < -0.39 is 23.5 Å². The molecule has 0 aliphatic carbocycles. The number of aliphatic hydroxyl groups is 1. The van der Waals surface area contributed by atoms with Gasteiger partial charge in [0.1, 0.15) is 0 Å². The monoisotopic (exact) mass is 509 g/mol. The minimum Gasteiger partial charge on any atom is -0.503 e. The van der Waals surface area contributed by atoms with Crippen LogP contribution < -0.4 is 4.90 Å². The van der Waals surface area contributed by atoms with Crippen molar-refractivity contribution in [2.45, 2.75) is 33.7 Å². The molecule has 1 aliphatic rings. The second kappa shape index (κ2) is 8.30. The number of aliphatic hydroxyl groups excluding tert-OH is 1. The Bertz CT molecular complexity index is 1520. The van der Waals surface area contributed by atoms with Gasteiger partial charge in [-0.05, 0) is 62.6 Å². The van der Waals surface area contributed by atoms with Gasteiger partial charge < -0.3 is 5.11 Å². The lowest BCUT2D eigenvalue weighted by Gasteiger charge is -2.24.